The SMILES string of the molecule is CC(O)CC(C)(C)CNC(=O)NC(C)c1ncn[nH]1. The highest BCUT2D eigenvalue weighted by Crippen LogP contribution is 2.20. The van der Waals surface area contributed by atoms with Crippen LogP contribution >= 0.6 is 0 Å². The molecule has 0 aliphatic rings. The van der Waals surface area contributed by atoms with E-state index in [4.69, 9.17) is 0 Å². The number of hydrogen-bond donors (Lipinski definition) is 4. The van der Waals surface area contributed by atoms with Crippen LogP contribution in [0.15, 0.2) is 6.33 Å². The summed E-state index contributed by atoms with van der Waals surface area (Å²) in [6.07, 6.45) is 1.65. The lowest BCUT2D eigenvalue weighted by molar-refractivity contribution is 0.128. The van der Waals surface area contributed by atoms with E-state index < -0.39 is 0 Å². The molecule has 0 saturated carbocycles. The number of amides is 2. The second-order valence-corrected chi connectivity index (χ2v) is 5.64. The number of aromatic nitrogens is 3. The Morgan fingerprint density at radius 2 is 2.21 bits per heavy atom. The third kappa shape index (κ3) is 5.69. The topological polar surface area (TPSA) is 103 Å². The molecule has 0 fully saturated rings. The Balaban J connectivity index is 2.35. The number of aromatic amines is 1. The third-order valence-corrected chi connectivity index (χ3v) is 2.77. The van der Waals surface area contributed by atoms with Crippen LogP contribution in [0.5, 0.6) is 0 Å². The zero-order valence-electron chi connectivity index (χ0n) is 11.9. The molecule has 1 aromatic heterocycles. The molecule has 19 heavy (non-hydrogen) atoms. The van der Waals surface area contributed by atoms with Crippen molar-refractivity contribution in [1.29, 1.82) is 0 Å². The predicted octanol–water partition coefficient (Wildman–Crippen LogP) is 0.962. The summed E-state index contributed by atoms with van der Waals surface area (Å²) in [5, 5.41) is 21.4. The average molecular weight is 269 g/mol. The van der Waals surface area contributed by atoms with Crippen LogP contribution < -0.4 is 10.6 Å². The molecule has 2 amide bonds. The molecule has 7 nitrogen and oxygen atoms in total. The summed E-state index contributed by atoms with van der Waals surface area (Å²) in [6, 6.07) is -0.495. The Bertz CT molecular complexity index is 389. The molecule has 0 radical (unpaired) electrons. The van der Waals surface area contributed by atoms with Crippen molar-refractivity contribution in [2.24, 2.45) is 5.41 Å². The Labute approximate surface area is 113 Å². The van der Waals surface area contributed by atoms with Crippen LogP contribution in [0, 0.1) is 5.41 Å². The maximum absolute atomic E-state index is 11.7. The van der Waals surface area contributed by atoms with Crippen molar-refractivity contribution in [2.45, 2.75) is 46.3 Å². The summed E-state index contributed by atoms with van der Waals surface area (Å²) < 4.78 is 0. The molecule has 1 heterocycles. The number of aliphatic hydroxyl groups excluding tert-OH is 1. The molecule has 0 aliphatic carbocycles. The first kappa shape index (κ1) is 15.4. The molecule has 0 spiro atoms. The third-order valence-electron chi connectivity index (χ3n) is 2.77. The Hall–Kier alpha value is -1.63. The van der Waals surface area contributed by atoms with Gasteiger partial charge in [0.1, 0.15) is 12.2 Å². The lowest BCUT2D eigenvalue weighted by Gasteiger charge is -2.26. The predicted molar refractivity (Wildman–Crippen MR) is 71.4 cm³/mol. The summed E-state index contributed by atoms with van der Waals surface area (Å²) in [4.78, 5) is 15.7. The van der Waals surface area contributed by atoms with Gasteiger partial charge in [-0.2, -0.15) is 5.10 Å². The van der Waals surface area contributed by atoms with Crippen LogP contribution in [-0.2, 0) is 0 Å². The van der Waals surface area contributed by atoms with E-state index in [-0.39, 0.29) is 23.6 Å². The molecule has 2 unspecified atom stereocenters. The number of urea groups is 1. The first-order valence-corrected chi connectivity index (χ1v) is 6.38. The zero-order chi connectivity index (χ0) is 14.5. The van der Waals surface area contributed by atoms with Gasteiger partial charge in [-0.3, -0.25) is 5.10 Å². The standard InChI is InChI=1S/C12H23N5O2/c1-8(18)5-12(3,4)6-13-11(19)16-9(2)10-14-7-15-17-10/h7-9,18H,5-6H2,1-4H3,(H2,13,16,19)(H,14,15,17). The van der Waals surface area contributed by atoms with Gasteiger partial charge in [-0.15, -0.1) is 0 Å². The fraction of sp³-hybridized carbons (Fsp3) is 0.750. The normalized spacial score (nSPS) is 14.8. The van der Waals surface area contributed by atoms with Crippen LogP contribution in [0.4, 0.5) is 4.79 Å². The van der Waals surface area contributed by atoms with E-state index in [1.54, 1.807) is 6.92 Å². The maximum Gasteiger partial charge on any atom is 0.315 e. The van der Waals surface area contributed by atoms with Gasteiger partial charge in [0.2, 0.25) is 0 Å². The monoisotopic (exact) mass is 269 g/mol. The highest BCUT2D eigenvalue weighted by molar-refractivity contribution is 5.74. The maximum atomic E-state index is 11.7. The lowest BCUT2D eigenvalue weighted by atomic mass is 9.87. The zero-order valence-corrected chi connectivity index (χ0v) is 11.9. The number of hydrogen-bond acceptors (Lipinski definition) is 4. The fourth-order valence-corrected chi connectivity index (χ4v) is 1.93. The van der Waals surface area contributed by atoms with Gasteiger partial charge in [-0.05, 0) is 25.7 Å². The molecular weight excluding hydrogens is 246 g/mol. The van der Waals surface area contributed by atoms with Crippen molar-refractivity contribution in [3.8, 4) is 0 Å². The smallest absolute Gasteiger partial charge is 0.315 e. The van der Waals surface area contributed by atoms with E-state index in [0.29, 0.717) is 18.8 Å². The molecular formula is C12H23N5O2. The first-order chi connectivity index (χ1) is 8.80. The lowest BCUT2D eigenvalue weighted by Crippen LogP contribution is -2.42. The number of aliphatic hydroxyl groups is 1. The van der Waals surface area contributed by atoms with E-state index in [1.807, 2.05) is 20.8 Å². The molecule has 0 aromatic carbocycles. The summed E-state index contributed by atoms with van der Waals surface area (Å²) in [7, 11) is 0. The quantitative estimate of drug-likeness (QED) is 0.617. The van der Waals surface area contributed by atoms with E-state index in [9.17, 15) is 9.90 Å². The molecule has 4 N–H and O–H groups in total. The fourth-order valence-electron chi connectivity index (χ4n) is 1.93. The molecule has 2 atom stereocenters. The van der Waals surface area contributed by atoms with Crippen molar-refractivity contribution < 1.29 is 9.90 Å². The number of nitrogens with zero attached hydrogens (tertiary/aromatic N) is 2. The van der Waals surface area contributed by atoms with Crippen LogP contribution in [-0.4, -0.2) is 39.0 Å². The Morgan fingerprint density at radius 1 is 1.53 bits per heavy atom. The number of H-pyrrole nitrogens is 1. The van der Waals surface area contributed by atoms with Crippen molar-refractivity contribution in [1.82, 2.24) is 25.8 Å². The summed E-state index contributed by atoms with van der Waals surface area (Å²) in [6.45, 7) is 8.06. The van der Waals surface area contributed by atoms with Gasteiger partial charge in [0, 0.05) is 6.54 Å². The van der Waals surface area contributed by atoms with E-state index in [2.05, 4.69) is 25.8 Å². The van der Waals surface area contributed by atoms with Crippen LogP contribution in [0.25, 0.3) is 0 Å². The molecule has 108 valence electrons. The van der Waals surface area contributed by atoms with Crippen LogP contribution in [0.1, 0.15) is 46.0 Å². The van der Waals surface area contributed by atoms with Crippen molar-refractivity contribution in [2.75, 3.05) is 6.54 Å². The molecule has 0 bridgehead atoms. The largest absolute Gasteiger partial charge is 0.393 e. The summed E-state index contributed by atoms with van der Waals surface area (Å²) in [5.74, 6) is 0.610. The molecule has 1 aromatic rings. The van der Waals surface area contributed by atoms with Crippen molar-refractivity contribution >= 4 is 6.03 Å². The Morgan fingerprint density at radius 3 is 2.74 bits per heavy atom. The van der Waals surface area contributed by atoms with E-state index in [0.717, 1.165) is 0 Å². The van der Waals surface area contributed by atoms with Gasteiger partial charge in [0.25, 0.3) is 0 Å². The van der Waals surface area contributed by atoms with E-state index in [1.165, 1.54) is 6.33 Å². The molecule has 7 heteroatoms. The number of carbonyl (C=O) groups excluding carboxylic acids is 1. The van der Waals surface area contributed by atoms with Gasteiger partial charge in [-0.25, -0.2) is 9.78 Å². The van der Waals surface area contributed by atoms with Gasteiger partial charge in [0.05, 0.1) is 12.1 Å². The Kier molecular flexibility index (Phi) is 5.29. The number of carbonyl (C=O) groups is 1. The minimum absolute atomic E-state index is 0.152. The van der Waals surface area contributed by atoms with E-state index >= 15 is 0 Å². The van der Waals surface area contributed by atoms with Crippen molar-refractivity contribution in [3.63, 3.8) is 0 Å². The minimum Gasteiger partial charge on any atom is -0.393 e. The van der Waals surface area contributed by atoms with Crippen molar-refractivity contribution in [3.05, 3.63) is 12.2 Å². The first-order valence-electron chi connectivity index (χ1n) is 6.38. The summed E-state index contributed by atoms with van der Waals surface area (Å²) in [5.41, 5.74) is -0.152. The van der Waals surface area contributed by atoms with Crippen LogP contribution in [0.3, 0.4) is 0 Å². The van der Waals surface area contributed by atoms with Gasteiger partial charge < -0.3 is 15.7 Å². The second-order valence-electron chi connectivity index (χ2n) is 5.64. The summed E-state index contributed by atoms with van der Waals surface area (Å²) >= 11 is 0. The highest BCUT2D eigenvalue weighted by Gasteiger charge is 2.21. The second kappa shape index (κ2) is 6.51. The van der Waals surface area contributed by atoms with Gasteiger partial charge >= 0.3 is 6.03 Å². The van der Waals surface area contributed by atoms with Crippen LogP contribution in [0.2, 0.25) is 0 Å². The average Bonchev–Trinajstić information content (AvgIpc) is 2.78. The molecule has 1 rings (SSSR count). The van der Waals surface area contributed by atoms with Gasteiger partial charge in [-0.1, -0.05) is 13.8 Å². The van der Waals surface area contributed by atoms with Gasteiger partial charge in [0.15, 0.2) is 0 Å². The molecule has 0 aliphatic heterocycles. The molecule has 0 saturated heterocycles. The highest BCUT2D eigenvalue weighted by atomic mass is 16.3. The number of rotatable bonds is 6. The minimum atomic E-state index is -0.382. The number of nitrogens with one attached hydrogen (secondary N) is 3.